The first kappa shape index (κ1) is 21.3. The second-order valence-corrected chi connectivity index (χ2v) is 9.85. The molecule has 170 valence electrons. The van der Waals surface area contributed by atoms with Gasteiger partial charge in [-0.15, -0.1) is 10.2 Å². The molecule has 1 atom stereocenters. The number of nitrogens with zero attached hydrogens (tertiary/aromatic N) is 5. The average Bonchev–Trinajstić information content (AvgIpc) is 3.56. The Hall–Kier alpha value is -2.52. The summed E-state index contributed by atoms with van der Waals surface area (Å²) < 4.78 is 0. The van der Waals surface area contributed by atoms with E-state index in [0.717, 1.165) is 63.4 Å². The largest absolute Gasteiger partial charge is 0.351 e. The molecule has 0 unspecified atom stereocenters. The molecule has 1 N–H and O–H groups in total. The number of piperidine rings is 1. The summed E-state index contributed by atoms with van der Waals surface area (Å²) in [6.45, 7) is 4.48. The third-order valence-electron chi connectivity index (χ3n) is 6.69. The standard InChI is InChI=1S/C23H30N6O2S/c30-20-9-5-13-29(20)23-26-25-22(32-23)28-12-4-8-19(28)21(31)24-18-10-14-27(15-11-18)16-17-6-2-1-3-7-17/h1-3,6-7,18-19H,4-5,8-16H2,(H,24,31)/t19-/m0/s1. The Morgan fingerprint density at radius 2 is 1.78 bits per heavy atom. The Morgan fingerprint density at radius 3 is 2.53 bits per heavy atom. The highest BCUT2D eigenvalue weighted by Gasteiger charge is 2.35. The molecule has 3 aliphatic rings. The molecule has 2 amide bonds. The van der Waals surface area contributed by atoms with Crippen LogP contribution in [-0.2, 0) is 16.1 Å². The lowest BCUT2D eigenvalue weighted by Gasteiger charge is -2.33. The van der Waals surface area contributed by atoms with Gasteiger partial charge in [0.25, 0.3) is 0 Å². The van der Waals surface area contributed by atoms with Crippen molar-refractivity contribution in [1.29, 1.82) is 0 Å². The van der Waals surface area contributed by atoms with Crippen molar-refractivity contribution in [3.05, 3.63) is 35.9 Å². The summed E-state index contributed by atoms with van der Waals surface area (Å²) in [6.07, 6.45) is 5.19. The first-order valence-corrected chi connectivity index (χ1v) is 12.5. The number of amides is 2. The summed E-state index contributed by atoms with van der Waals surface area (Å²) in [5.74, 6) is 0.208. The Bertz CT molecular complexity index is 943. The van der Waals surface area contributed by atoms with E-state index in [0.29, 0.717) is 18.1 Å². The van der Waals surface area contributed by atoms with Crippen LogP contribution in [0.1, 0.15) is 44.1 Å². The summed E-state index contributed by atoms with van der Waals surface area (Å²) in [5, 5.41) is 13.3. The number of carbonyl (C=O) groups excluding carboxylic acids is 2. The summed E-state index contributed by atoms with van der Waals surface area (Å²) in [6, 6.07) is 10.6. The van der Waals surface area contributed by atoms with E-state index in [9.17, 15) is 9.59 Å². The molecule has 3 aliphatic heterocycles. The van der Waals surface area contributed by atoms with Gasteiger partial charge in [-0.2, -0.15) is 0 Å². The van der Waals surface area contributed by atoms with Crippen LogP contribution < -0.4 is 15.1 Å². The molecular weight excluding hydrogens is 424 g/mol. The molecule has 8 nitrogen and oxygen atoms in total. The van der Waals surface area contributed by atoms with Crippen LogP contribution >= 0.6 is 11.3 Å². The molecule has 0 saturated carbocycles. The highest BCUT2D eigenvalue weighted by Crippen LogP contribution is 2.33. The monoisotopic (exact) mass is 454 g/mol. The molecule has 9 heteroatoms. The van der Waals surface area contributed by atoms with Crippen LogP contribution in [0.15, 0.2) is 30.3 Å². The maximum atomic E-state index is 13.1. The smallest absolute Gasteiger partial charge is 0.243 e. The van der Waals surface area contributed by atoms with Gasteiger partial charge in [0.2, 0.25) is 22.1 Å². The van der Waals surface area contributed by atoms with E-state index in [1.807, 2.05) is 6.07 Å². The fraction of sp³-hybridized carbons (Fsp3) is 0.565. The average molecular weight is 455 g/mol. The number of aromatic nitrogens is 2. The number of likely N-dealkylation sites (tertiary alicyclic amines) is 1. The van der Waals surface area contributed by atoms with Crippen molar-refractivity contribution in [1.82, 2.24) is 20.4 Å². The zero-order valence-corrected chi connectivity index (χ0v) is 19.1. The number of nitrogens with one attached hydrogen (secondary N) is 1. The van der Waals surface area contributed by atoms with Gasteiger partial charge in [0.05, 0.1) is 0 Å². The van der Waals surface area contributed by atoms with Gasteiger partial charge in [-0.05, 0) is 37.7 Å². The first-order valence-electron chi connectivity index (χ1n) is 11.6. The fourth-order valence-electron chi connectivity index (χ4n) is 4.93. The topological polar surface area (TPSA) is 81.7 Å². The normalized spacial score (nSPS) is 22.6. The minimum Gasteiger partial charge on any atom is -0.351 e. The van der Waals surface area contributed by atoms with E-state index in [-0.39, 0.29) is 23.9 Å². The van der Waals surface area contributed by atoms with Gasteiger partial charge in [-0.25, -0.2) is 0 Å². The summed E-state index contributed by atoms with van der Waals surface area (Å²) in [5.41, 5.74) is 1.34. The molecule has 5 rings (SSSR count). The number of hydrogen-bond donors (Lipinski definition) is 1. The SMILES string of the molecule is O=C(NC1CCN(Cc2ccccc2)CC1)[C@@H]1CCCN1c1nnc(N2CCCC2=O)s1. The van der Waals surface area contributed by atoms with Crippen molar-refractivity contribution in [3.63, 3.8) is 0 Å². The minimum atomic E-state index is -0.201. The molecule has 0 spiro atoms. The Labute approximate surface area is 192 Å². The van der Waals surface area contributed by atoms with Crippen LogP contribution in [0.2, 0.25) is 0 Å². The quantitative estimate of drug-likeness (QED) is 0.722. The molecule has 1 aromatic carbocycles. The fourth-order valence-corrected chi connectivity index (χ4v) is 5.89. The molecule has 3 fully saturated rings. The van der Waals surface area contributed by atoms with Crippen molar-refractivity contribution in [2.24, 2.45) is 0 Å². The van der Waals surface area contributed by atoms with Crippen molar-refractivity contribution in [2.75, 3.05) is 36.0 Å². The van der Waals surface area contributed by atoms with Gasteiger partial charge in [0.15, 0.2) is 0 Å². The third kappa shape index (κ3) is 4.63. The van der Waals surface area contributed by atoms with Gasteiger partial charge in [-0.1, -0.05) is 41.7 Å². The molecule has 0 aliphatic carbocycles. The van der Waals surface area contributed by atoms with E-state index in [2.05, 4.69) is 49.6 Å². The van der Waals surface area contributed by atoms with Crippen molar-refractivity contribution in [2.45, 2.75) is 57.2 Å². The summed E-state index contributed by atoms with van der Waals surface area (Å²) >= 11 is 1.42. The molecule has 4 heterocycles. The van der Waals surface area contributed by atoms with Gasteiger partial charge in [-0.3, -0.25) is 19.4 Å². The Balaban J connectivity index is 1.14. The number of rotatable bonds is 6. The van der Waals surface area contributed by atoms with Crippen LogP contribution in [-0.4, -0.2) is 65.2 Å². The molecule has 0 bridgehead atoms. The molecular formula is C23H30N6O2S. The van der Waals surface area contributed by atoms with Crippen LogP contribution in [0.4, 0.5) is 10.3 Å². The number of carbonyl (C=O) groups is 2. The Morgan fingerprint density at radius 1 is 1.00 bits per heavy atom. The summed E-state index contributed by atoms with van der Waals surface area (Å²) in [7, 11) is 0. The van der Waals surface area contributed by atoms with E-state index in [4.69, 9.17) is 0 Å². The zero-order valence-electron chi connectivity index (χ0n) is 18.3. The molecule has 3 saturated heterocycles. The summed E-state index contributed by atoms with van der Waals surface area (Å²) in [4.78, 5) is 31.4. The predicted molar refractivity (Wildman–Crippen MR) is 125 cm³/mol. The van der Waals surface area contributed by atoms with Gasteiger partial charge in [0.1, 0.15) is 6.04 Å². The van der Waals surface area contributed by atoms with Crippen LogP contribution in [0.25, 0.3) is 0 Å². The van der Waals surface area contributed by atoms with Gasteiger partial charge >= 0.3 is 0 Å². The van der Waals surface area contributed by atoms with Crippen molar-refractivity contribution in [3.8, 4) is 0 Å². The van der Waals surface area contributed by atoms with Crippen LogP contribution in [0, 0.1) is 0 Å². The lowest BCUT2D eigenvalue weighted by Crippen LogP contribution is -2.50. The second-order valence-electron chi connectivity index (χ2n) is 8.91. The van der Waals surface area contributed by atoms with Gasteiger partial charge < -0.3 is 10.2 Å². The van der Waals surface area contributed by atoms with E-state index in [1.165, 1.54) is 16.9 Å². The third-order valence-corrected chi connectivity index (χ3v) is 7.68. The maximum Gasteiger partial charge on any atom is 0.243 e. The maximum absolute atomic E-state index is 13.1. The minimum absolute atomic E-state index is 0.0954. The molecule has 2 aromatic rings. The lowest BCUT2D eigenvalue weighted by atomic mass is 10.0. The van der Waals surface area contributed by atoms with E-state index < -0.39 is 0 Å². The van der Waals surface area contributed by atoms with Crippen molar-refractivity contribution >= 4 is 33.4 Å². The Kier molecular flexibility index (Phi) is 6.36. The van der Waals surface area contributed by atoms with E-state index >= 15 is 0 Å². The van der Waals surface area contributed by atoms with Crippen LogP contribution in [0.5, 0.6) is 0 Å². The molecule has 0 radical (unpaired) electrons. The van der Waals surface area contributed by atoms with Gasteiger partial charge in [0, 0.05) is 45.2 Å². The molecule has 1 aromatic heterocycles. The molecule has 32 heavy (non-hydrogen) atoms. The number of benzene rings is 1. The lowest BCUT2D eigenvalue weighted by molar-refractivity contribution is -0.123. The number of hydrogen-bond acceptors (Lipinski definition) is 7. The zero-order chi connectivity index (χ0) is 21.9. The van der Waals surface area contributed by atoms with Crippen molar-refractivity contribution < 1.29 is 9.59 Å². The van der Waals surface area contributed by atoms with Crippen LogP contribution in [0.3, 0.4) is 0 Å². The highest BCUT2D eigenvalue weighted by molar-refractivity contribution is 7.19. The highest BCUT2D eigenvalue weighted by atomic mass is 32.1. The first-order chi connectivity index (χ1) is 15.7. The number of anilines is 2. The predicted octanol–water partition coefficient (Wildman–Crippen LogP) is 2.41. The second kappa shape index (κ2) is 9.54. The van der Waals surface area contributed by atoms with E-state index in [1.54, 1.807) is 4.90 Å².